The highest BCUT2D eigenvalue weighted by atomic mass is 19.1. The van der Waals surface area contributed by atoms with Crippen molar-refractivity contribution in [1.82, 2.24) is 0 Å². The van der Waals surface area contributed by atoms with Crippen molar-refractivity contribution in [2.45, 2.75) is 12.8 Å². The van der Waals surface area contributed by atoms with Gasteiger partial charge in [0.15, 0.2) is 5.78 Å². The molecule has 3 aromatic carbocycles. The molecule has 0 N–H and O–H groups in total. The smallest absolute Gasteiger partial charge is 0.159 e. The molecule has 0 heterocycles. The number of carbonyl (C=O) groups is 1. The van der Waals surface area contributed by atoms with Crippen molar-refractivity contribution in [3.8, 4) is 11.1 Å². The van der Waals surface area contributed by atoms with Crippen LogP contribution in [0.15, 0.2) is 66.7 Å². The van der Waals surface area contributed by atoms with E-state index >= 15 is 0 Å². The standard InChI is InChI=1S/C21H15FO/c1-13(23)15-8-11-19-20(12-15)17-4-2-3-5-18(17)21(19)14-6-9-16(22)10-7-14/h2-12,21H,1H3. The number of ketones is 1. The van der Waals surface area contributed by atoms with E-state index in [0.29, 0.717) is 0 Å². The Bertz CT molecular complexity index is 909. The molecular formula is C21H15FO. The first-order valence-corrected chi connectivity index (χ1v) is 7.65. The molecule has 23 heavy (non-hydrogen) atoms. The van der Waals surface area contributed by atoms with Crippen LogP contribution in [0.5, 0.6) is 0 Å². The van der Waals surface area contributed by atoms with Crippen molar-refractivity contribution in [2.75, 3.05) is 0 Å². The van der Waals surface area contributed by atoms with Gasteiger partial charge in [0.1, 0.15) is 5.82 Å². The van der Waals surface area contributed by atoms with Crippen LogP contribution < -0.4 is 0 Å². The van der Waals surface area contributed by atoms with Crippen LogP contribution in [0, 0.1) is 5.82 Å². The molecule has 0 bridgehead atoms. The molecule has 0 aromatic heterocycles. The molecule has 0 saturated carbocycles. The van der Waals surface area contributed by atoms with Gasteiger partial charge in [-0.3, -0.25) is 4.79 Å². The highest BCUT2D eigenvalue weighted by Crippen LogP contribution is 2.48. The first kappa shape index (κ1) is 13.9. The van der Waals surface area contributed by atoms with Gasteiger partial charge in [0.05, 0.1) is 0 Å². The van der Waals surface area contributed by atoms with Gasteiger partial charge >= 0.3 is 0 Å². The third-order valence-electron chi connectivity index (χ3n) is 4.54. The Morgan fingerprint density at radius 2 is 1.57 bits per heavy atom. The molecule has 1 aliphatic rings. The second kappa shape index (κ2) is 5.17. The van der Waals surface area contributed by atoms with Gasteiger partial charge in [-0.05, 0) is 52.9 Å². The lowest BCUT2D eigenvalue weighted by Gasteiger charge is -2.14. The van der Waals surface area contributed by atoms with Gasteiger partial charge in [0, 0.05) is 11.5 Å². The summed E-state index contributed by atoms with van der Waals surface area (Å²) in [5.74, 6) is -0.0782. The van der Waals surface area contributed by atoms with E-state index < -0.39 is 0 Å². The Kier molecular flexibility index (Phi) is 3.12. The highest BCUT2D eigenvalue weighted by molar-refractivity contribution is 5.96. The maximum Gasteiger partial charge on any atom is 0.159 e. The van der Waals surface area contributed by atoms with Crippen molar-refractivity contribution < 1.29 is 9.18 Å². The van der Waals surface area contributed by atoms with Crippen molar-refractivity contribution in [3.63, 3.8) is 0 Å². The summed E-state index contributed by atoms with van der Waals surface area (Å²) in [5.41, 5.74) is 6.41. The molecular weight excluding hydrogens is 287 g/mol. The Balaban J connectivity index is 1.96. The molecule has 0 radical (unpaired) electrons. The van der Waals surface area contributed by atoms with Crippen LogP contribution in [-0.4, -0.2) is 5.78 Å². The summed E-state index contributed by atoms with van der Waals surface area (Å²) in [6.45, 7) is 1.58. The summed E-state index contributed by atoms with van der Waals surface area (Å²) in [4.78, 5) is 11.7. The first-order valence-electron chi connectivity index (χ1n) is 7.65. The second-order valence-corrected chi connectivity index (χ2v) is 5.93. The number of benzene rings is 3. The summed E-state index contributed by atoms with van der Waals surface area (Å²) >= 11 is 0. The summed E-state index contributed by atoms with van der Waals surface area (Å²) < 4.78 is 13.3. The van der Waals surface area contributed by atoms with Crippen LogP contribution in [0.3, 0.4) is 0 Å². The summed E-state index contributed by atoms with van der Waals surface area (Å²) in [6.07, 6.45) is 0. The van der Waals surface area contributed by atoms with E-state index in [1.807, 2.05) is 42.5 Å². The van der Waals surface area contributed by atoms with Crippen molar-refractivity contribution in [3.05, 3.63) is 94.8 Å². The fourth-order valence-corrected chi connectivity index (χ4v) is 3.44. The predicted molar refractivity (Wildman–Crippen MR) is 89.2 cm³/mol. The van der Waals surface area contributed by atoms with Crippen molar-refractivity contribution in [1.29, 1.82) is 0 Å². The van der Waals surface area contributed by atoms with Crippen LogP contribution in [0.1, 0.15) is 39.9 Å². The Morgan fingerprint density at radius 1 is 0.870 bits per heavy atom. The molecule has 0 fully saturated rings. The summed E-state index contributed by atoms with van der Waals surface area (Å²) in [6, 6.07) is 20.8. The second-order valence-electron chi connectivity index (χ2n) is 5.93. The lowest BCUT2D eigenvalue weighted by atomic mass is 9.89. The molecule has 0 amide bonds. The van der Waals surface area contributed by atoms with Crippen LogP contribution >= 0.6 is 0 Å². The zero-order valence-electron chi connectivity index (χ0n) is 12.7. The predicted octanol–water partition coefficient (Wildman–Crippen LogP) is 5.19. The lowest BCUT2D eigenvalue weighted by molar-refractivity contribution is 0.101. The molecule has 0 aliphatic heterocycles. The van der Waals surface area contributed by atoms with Crippen molar-refractivity contribution >= 4 is 5.78 Å². The number of rotatable bonds is 2. The zero-order chi connectivity index (χ0) is 16.0. The SMILES string of the molecule is CC(=O)c1ccc2c(c1)-c1ccccc1C2c1ccc(F)cc1. The fourth-order valence-electron chi connectivity index (χ4n) is 3.44. The Hall–Kier alpha value is -2.74. The largest absolute Gasteiger partial charge is 0.295 e. The normalized spacial score (nSPS) is 15.1. The number of Topliss-reactive ketones (excluding diaryl/α,β-unsaturated/α-hetero) is 1. The molecule has 112 valence electrons. The molecule has 0 spiro atoms. The molecule has 1 atom stereocenters. The number of halogens is 1. The Morgan fingerprint density at radius 3 is 2.30 bits per heavy atom. The van der Waals surface area contributed by atoms with Gasteiger partial charge in [-0.2, -0.15) is 0 Å². The summed E-state index contributed by atoms with van der Waals surface area (Å²) in [5, 5.41) is 0. The topological polar surface area (TPSA) is 17.1 Å². The minimum Gasteiger partial charge on any atom is -0.295 e. The third kappa shape index (κ3) is 2.18. The minimum absolute atomic E-state index is 0.0653. The van der Waals surface area contributed by atoms with Crippen molar-refractivity contribution in [2.24, 2.45) is 0 Å². The fraction of sp³-hybridized carbons (Fsp3) is 0.0952. The highest BCUT2D eigenvalue weighted by Gasteiger charge is 2.29. The minimum atomic E-state index is -0.229. The van der Waals surface area contributed by atoms with E-state index in [9.17, 15) is 9.18 Å². The molecule has 3 aromatic rings. The van der Waals surface area contributed by atoms with Gasteiger partial charge in [0.2, 0.25) is 0 Å². The van der Waals surface area contributed by atoms with E-state index in [-0.39, 0.29) is 17.5 Å². The summed E-state index contributed by atoms with van der Waals surface area (Å²) in [7, 11) is 0. The third-order valence-corrected chi connectivity index (χ3v) is 4.54. The molecule has 1 unspecified atom stereocenters. The molecule has 1 aliphatic carbocycles. The van der Waals surface area contributed by atoms with Gasteiger partial charge in [-0.1, -0.05) is 48.5 Å². The van der Waals surface area contributed by atoms with Gasteiger partial charge < -0.3 is 0 Å². The first-order chi connectivity index (χ1) is 11.1. The van der Waals surface area contributed by atoms with E-state index in [1.165, 1.54) is 23.3 Å². The van der Waals surface area contributed by atoms with Gasteiger partial charge in [-0.15, -0.1) is 0 Å². The number of hydrogen-bond acceptors (Lipinski definition) is 1. The zero-order valence-corrected chi connectivity index (χ0v) is 12.7. The molecule has 0 saturated heterocycles. The van der Waals surface area contributed by atoms with E-state index in [4.69, 9.17) is 0 Å². The van der Waals surface area contributed by atoms with Crippen LogP contribution in [0.25, 0.3) is 11.1 Å². The van der Waals surface area contributed by atoms with Crippen LogP contribution in [0.2, 0.25) is 0 Å². The van der Waals surface area contributed by atoms with Gasteiger partial charge in [-0.25, -0.2) is 4.39 Å². The molecule has 4 rings (SSSR count). The van der Waals surface area contributed by atoms with Gasteiger partial charge in [0.25, 0.3) is 0 Å². The lowest BCUT2D eigenvalue weighted by Crippen LogP contribution is -2.00. The number of hydrogen-bond donors (Lipinski definition) is 0. The average Bonchev–Trinajstić information content (AvgIpc) is 2.89. The van der Waals surface area contributed by atoms with Crippen LogP contribution in [0.4, 0.5) is 4.39 Å². The van der Waals surface area contributed by atoms with E-state index in [2.05, 4.69) is 12.1 Å². The van der Waals surface area contributed by atoms with Crippen LogP contribution in [-0.2, 0) is 0 Å². The van der Waals surface area contributed by atoms with E-state index in [1.54, 1.807) is 6.92 Å². The maximum absolute atomic E-state index is 13.3. The number of carbonyl (C=O) groups excluding carboxylic acids is 1. The molecule has 1 nitrogen and oxygen atoms in total. The number of fused-ring (bicyclic) bond motifs is 3. The monoisotopic (exact) mass is 302 g/mol. The Labute approximate surface area is 134 Å². The average molecular weight is 302 g/mol. The maximum atomic E-state index is 13.3. The quantitative estimate of drug-likeness (QED) is 0.466. The molecule has 2 heteroatoms. The van der Waals surface area contributed by atoms with E-state index in [0.717, 1.165) is 22.3 Å².